The third-order valence-corrected chi connectivity index (χ3v) is 5.59. The molecule has 3 aromatic rings. The van der Waals surface area contributed by atoms with Crippen LogP contribution < -0.4 is 10.6 Å². The van der Waals surface area contributed by atoms with Gasteiger partial charge in [-0.25, -0.2) is 15.0 Å². The van der Waals surface area contributed by atoms with Crippen molar-refractivity contribution < 1.29 is 0 Å². The van der Waals surface area contributed by atoms with E-state index in [9.17, 15) is 0 Å². The number of nitrogens with two attached hydrogens (primary N) is 1. The Labute approximate surface area is 191 Å². The number of aromatic nitrogens is 3. The molecule has 0 amide bonds. The number of aliphatic imine (C=N–C) groups is 1. The Kier molecular flexibility index (Phi) is 7.76. The largest absolute Gasteiger partial charge is 0.370 e. The van der Waals surface area contributed by atoms with Crippen molar-refractivity contribution in [3.8, 4) is 10.6 Å². The molecule has 29 heavy (non-hydrogen) atoms. The highest BCUT2D eigenvalue weighted by Crippen LogP contribution is 2.23. The van der Waals surface area contributed by atoms with Crippen LogP contribution in [0.5, 0.6) is 0 Å². The second kappa shape index (κ2) is 10.5. The highest BCUT2D eigenvalue weighted by Gasteiger charge is 2.19. The number of hydrogen-bond donors (Lipinski definition) is 1. The lowest BCUT2D eigenvalue weighted by atomic mass is 10.2. The van der Waals surface area contributed by atoms with E-state index in [0.29, 0.717) is 12.5 Å². The number of thiazole rings is 1. The monoisotopic (exact) mass is 521 g/mol. The minimum atomic E-state index is 0. The molecule has 1 aromatic carbocycles. The molecular weight excluding hydrogens is 497 g/mol. The summed E-state index contributed by atoms with van der Waals surface area (Å²) in [6, 6.07) is 12.1. The summed E-state index contributed by atoms with van der Waals surface area (Å²) in [5, 5.41) is 3.15. The molecule has 0 unspecified atom stereocenters. The highest BCUT2D eigenvalue weighted by atomic mass is 127. The van der Waals surface area contributed by atoms with Crippen molar-refractivity contribution >= 4 is 47.2 Å². The van der Waals surface area contributed by atoms with E-state index >= 15 is 0 Å². The standard InChI is InChI=1S/C20H23N7S.HI/c21-19(26-11-13-27(14-12-26)20-23-8-4-9-24-20)22-10-7-17-15-28-18(25-17)16-5-2-1-3-6-16;/h1-6,8-9,15H,7,10-14H2,(H2,21,22);1H. The van der Waals surface area contributed by atoms with E-state index in [1.165, 1.54) is 0 Å². The molecular formula is C20H24IN7S. The Balaban J connectivity index is 0.00000240. The highest BCUT2D eigenvalue weighted by molar-refractivity contribution is 14.0. The molecule has 2 aromatic heterocycles. The summed E-state index contributed by atoms with van der Waals surface area (Å²) < 4.78 is 0. The molecule has 7 nitrogen and oxygen atoms in total. The zero-order chi connectivity index (χ0) is 19.2. The van der Waals surface area contributed by atoms with Crippen molar-refractivity contribution in [2.45, 2.75) is 6.42 Å². The normalized spacial score (nSPS) is 14.6. The first-order chi connectivity index (χ1) is 13.8. The first kappa shape index (κ1) is 21.4. The van der Waals surface area contributed by atoms with Crippen molar-refractivity contribution in [2.24, 2.45) is 10.7 Å². The van der Waals surface area contributed by atoms with Gasteiger partial charge in [0.25, 0.3) is 0 Å². The summed E-state index contributed by atoms with van der Waals surface area (Å²) >= 11 is 1.67. The van der Waals surface area contributed by atoms with Crippen LogP contribution in [0.1, 0.15) is 5.69 Å². The molecule has 9 heteroatoms. The molecule has 1 aliphatic heterocycles. The van der Waals surface area contributed by atoms with Crippen molar-refractivity contribution in [2.75, 3.05) is 37.6 Å². The number of nitrogens with zero attached hydrogens (tertiary/aromatic N) is 6. The van der Waals surface area contributed by atoms with E-state index in [1.807, 2.05) is 24.3 Å². The summed E-state index contributed by atoms with van der Waals surface area (Å²) in [7, 11) is 0. The smallest absolute Gasteiger partial charge is 0.225 e. The van der Waals surface area contributed by atoms with Crippen LogP contribution in [-0.2, 0) is 6.42 Å². The van der Waals surface area contributed by atoms with Gasteiger partial charge < -0.3 is 15.5 Å². The Bertz CT molecular complexity index is 909. The van der Waals surface area contributed by atoms with E-state index in [4.69, 9.17) is 10.7 Å². The summed E-state index contributed by atoms with van der Waals surface area (Å²) in [5.41, 5.74) is 8.42. The average Bonchev–Trinajstić information content (AvgIpc) is 3.24. The predicted molar refractivity (Wildman–Crippen MR) is 129 cm³/mol. The van der Waals surface area contributed by atoms with Gasteiger partial charge in [-0.1, -0.05) is 30.3 Å². The molecule has 1 fully saturated rings. The van der Waals surface area contributed by atoms with Crippen LogP contribution in [0, 0.1) is 0 Å². The third kappa shape index (κ3) is 5.63. The number of benzene rings is 1. The summed E-state index contributed by atoms with van der Waals surface area (Å²) in [5.74, 6) is 1.38. The van der Waals surface area contributed by atoms with E-state index in [0.717, 1.165) is 54.8 Å². The molecule has 152 valence electrons. The fourth-order valence-electron chi connectivity index (χ4n) is 3.11. The maximum Gasteiger partial charge on any atom is 0.225 e. The molecule has 1 saturated heterocycles. The number of anilines is 1. The molecule has 1 aliphatic rings. The van der Waals surface area contributed by atoms with Gasteiger partial charge in [-0.05, 0) is 6.07 Å². The topological polar surface area (TPSA) is 83.5 Å². The van der Waals surface area contributed by atoms with E-state index < -0.39 is 0 Å². The van der Waals surface area contributed by atoms with Crippen LogP contribution in [0.3, 0.4) is 0 Å². The lowest BCUT2D eigenvalue weighted by Gasteiger charge is -2.35. The van der Waals surface area contributed by atoms with Crippen LogP contribution in [-0.4, -0.2) is 58.5 Å². The van der Waals surface area contributed by atoms with Crippen LogP contribution in [0.15, 0.2) is 59.2 Å². The zero-order valence-corrected chi connectivity index (χ0v) is 19.2. The van der Waals surface area contributed by atoms with Crippen molar-refractivity contribution in [3.63, 3.8) is 0 Å². The fraction of sp³-hybridized carbons (Fsp3) is 0.300. The minimum absolute atomic E-state index is 0. The zero-order valence-electron chi connectivity index (χ0n) is 16.0. The summed E-state index contributed by atoms with van der Waals surface area (Å²) in [6.45, 7) is 3.97. The number of halogens is 1. The van der Waals surface area contributed by atoms with E-state index in [-0.39, 0.29) is 24.0 Å². The van der Waals surface area contributed by atoms with Crippen LogP contribution >= 0.6 is 35.3 Å². The first-order valence-corrected chi connectivity index (χ1v) is 10.2. The number of hydrogen-bond acceptors (Lipinski definition) is 6. The van der Waals surface area contributed by atoms with Gasteiger partial charge in [-0.15, -0.1) is 35.3 Å². The van der Waals surface area contributed by atoms with Gasteiger partial charge in [0.15, 0.2) is 5.96 Å². The number of piperazine rings is 1. The van der Waals surface area contributed by atoms with E-state index in [1.54, 1.807) is 23.7 Å². The maximum absolute atomic E-state index is 6.20. The van der Waals surface area contributed by atoms with Gasteiger partial charge in [-0.2, -0.15) is 0 Å². The quantitative estimate of drug-likeness (QED) is 0.316. The van der Waals surface area contributed by atoms with Gasteiger partial charge in [0.1, 0.15) is 5.01 Å². The average molecular weight is 521 g/mol. The minimum Gasteiger partial charge on any atom is -0.370 e. The molecule has 0 atom stereocenters. The van der Waals surface area contributed by atoms with Gasteiger partial charge >= 0.3 is 0 Å². The molecule has 0 spiro atoms. The summed E-state index contributed by atoms with van der Waals surface area (Å²) in [6.07, 6.45) is 4.33. The molecule has 0 bridgehead atoms. The van der Waals surface area contributed by atoms with Gasteiger partial charge in [-0.3, -0.25) is 4.99 Å². The maximum atomic E-state index is 6.20. The molecule has 0 saturated carbocycles. The third-order valence-electron chi connectivity index (χ3n) is 4.65. The SMILES string of the molecule is I.NC(=NCCc1csc(-c2ccccc2)n1)N1CCN(c2ncccn2)CC1. The van der Waals surface area contributed by atoms with Crippen molar-refractivity contribution in [1.82, 2.24) is 19.9 Å². The van der Waals surface area contributed by atoms with Crippen LogP contribution in [0.25, 0.3) is 10.6 Å². The number of guanidine groups is 1. The van der Waals surface area contributed by atoms with Crippen molar-refractivity contribution in [1.29, 1.82) is 0 Å². The molecule has 2 N–H and O–H groups in total. The second-order valence-electron chi connectivity index (χ2n) is 6.52. The molecule has 3 heterocycles. The van der Waals surface area contributed by atoms with Crippen molar-refractivity contribution in [3.05, 3.63) is 59.9 Å². The second-order valence-corrected chi connectivity index (χ2v) is 7.38. The summed E-state index contributed by atoms with van der Waals surface area (Å²) in [4.78, 5) is 22.2. The Morgan fingerprint density at radius 3 is 2.48 bits per heavy atom. The van der Waals surface area contributed by atoms with Crippen LogP contribution in [0.4, 0.5) is 5.95 Å². The Morgan fingerprint density at radius 1 is 1.03 bits per heavy atom. The van der Waals surface area contributed by atoms with Gasteiger partial charge in [0, 0.05) is 62.5 Å². The fourth-order valence-corrected chi connectivity index (χ4v) is 3.97. The predicted octanol–water partition coefficient (Wildman–Crippen LogP) is 2.90. The van der Waals surface area contributed by atoms with Gasteiger partial charge in [0.2, 0.25) is 5.95 Å². The lowest BCUT2D eigenvalue weighted by molar-refractivity contribution is 0.378. The van der Waals surface area contributed by atoms with E-state index in [2.05, 4.69) is 42.3 Å². The van der Waals surface area contributed by atoms with Crippen LogP contribution in [0.2, 0.25) is 0 Å². The molecule has 4 rings (SSSR count). The Morgan fingerprint density at radius 2 is 1.76 bits per heavy atom. The first-order valence-electron chi connectivity index (χ1n) is 9.36. The Hall–Kier alpha value is -2.27. The van der Waals surface area contributed by atoms with Gasteiger partial charge in [0.05, 0.1) is 5.69 Å². The molecule has 0 aliphatic carbocycles. The molecule has 0 radical (unpaired) electrons. The lowest BCUT2D eigenvalue weighted by Crippen LogP contribution is -2.51. The number of rotatable bonds is 5.